The van der Waals surface area contributed by atoms with Crippen LogP contribution in [-0.4, -0.2) is 73.5 Å². The van der Waals surface area contributed by atoms with Crippen LogP contribution in [0.4, 0.5) is 10.6 Å². The summed E-state index contributed by atoms with van der Waals surface area (Å²) in [5, 5.41) is 9.21. The van der Waals surface area contributed by atoms with Gasteiger partial charge < -0.3 is 35.1 Å². The molecule has 2 atom stereocenters. The molecule has 1 fully saturated rings. The predicted molar refractivity (Wildman–Crippen MR) is 188 cm³/mol. The van der Waals surface area contributed by atoms with E-state index in [4.69, 9.17) is 4.74 Å². The molecule has 5 rings (SSSR count). The molecule has 4 amide bonds. The highest BCUT2D eigenvalue weighted by atomic mass is 16.6. The van der Waals surface area contributed by atoms with Crippen molar-refractivity contribution in [3.63, 3.8) is 0 Å². The topological polar surface area (TPSA) is 150 Å². The number of rotatable bonds is 10. The number of carbonyl (C=O) groups is 4. The number of alkyl carbamates (subject to hydrolysis) is 1. The molecule has 1 saturated heterocycles. The van der Waals surface area contributed by atoms with Crippen LogP contribution in [0.15, 0.2) is 73.3 Å². The Kier molecular flexibility index (Phi) is 10.4. The SMILES string of the molecule is CC1CCN(C(=O)C(c2ccccc2)n2cnc(NC(=O)[C@@H](Cc3c[nH]c4ccccc34)NC(=O)C(C)(C)NC(=O)OC(C)(C)C)c2)CC1. The summed E-state index contributed by atoms with van der Waals surface area (Å²) < 4.78 is 7.07. The van der Waals surface area contributed by atoms with Gasteiger partial charge in [-0.3, -0.25) is 14.4 Å². The van der Waals surface area contributed by atoms with Crippen LogP contribution in [-0.2, 0) is 25.5 Å². The second-order valence-electron chi connectivity index (χ2n) is 14.4. The molecule has 0 saturated carbocycles. The first kappa shape index (κ1) is 35.2. The van der Waals surface area contributed by atoms with E-state index in [0.29, 0.717) is 19.0 Å². The Morgan fingerprint density at radius 3 is 2.35 bits per heavy atom. The zero-order chi connectivity index (χ0) is 35.3. The number of benzene rings is 2. The highest BCUT2D eigenvalue weighted by molar-refractivity contribution is 5.99. The molecule has 3 heterocycles. The number of imidazole rings is 1. The number of nitrogens with zero attached hydrogens (tertiary/aromatic N) is 3. The minimum absolute atomic E-state index is 0.0300. The van der Waals surface area contributed by atoms with Crippen molar-refractivity contribution in [1.29, 1.82) is 0 Å². The zero-order valence-electron chi connectivity index (χ0n) is 29.1. The van der Waals surface area contributed by atoms with Crippen molar-refractivity contribution < 1.29 is 23.9 Å². The van der Waals surface area contributed by atoms with E-state index in [0.717, 1.165) is 34.9 Å². The van der Waals surface area contributed by atoms with Crippen molar-refractivity contribution in [2.45, 2.75) is 84.0 Å². The minimum Gasteiger partial charge on any atom is -0.444 e. The zero-order valence-corrected chi connectivity index (χ0v) is 29.1. The average molecular weight is 670 g/mol. The van der Waals surface area contributed by atoms with Gasteiger partial charge in [0.05, 0.1) is 6.33 Å². The average Bonchev–Trinajstić information content (AvgIpc) is 3.67. The summed E-state index contributed by atoms with van der Waals surface area (Å²) in [6, 6.07) is 15.5. The Bertz CT molecular complexity index is 1780. The molecular formula is C37H47N7O5. The van der Waals surface area contributed by atoms with Crippen LogP contribution >= 0.6 is 0 Å². The van der Waals surface area contributed by atoms with E-state index in [9.17, 15) is 19.2 Å². The van der Waals surface area contributed by atoms with Crippen molar-refractivity contribution in [1.82, 2.24) is 30.1 Å². The van der Waals surface area contributed by atoms with Crippen LogP contribution < -0.4 is 16.0 Å². The third-order valence-corrected chi connectivity index (χ3v) is 8.70. The first-order valence-electron chi connectivity index (χ1n) is 16.8. The Labute approximate surface area is 287 Å². The number of nitrogens with one attached hydrogen (secondary N) is 4. The van der Waals surface area contributed by atoms with Crippen LogP contribution in [0.2, 0.25) is 0 Å². The monoisotopic (exact) mass is 669 g/mol. The molecule has 0 radical (unpaired) electrons. The summed E-state index contributed by atoms with van der Waals surface area (Å²) in [6.07, 6.45) is 6.30. The molecule has 2 aromatic heterocycles. The number of aromatic amines is 1. The van der Waals surface area contributed by atoms with Crippen molar-refractivity contribution in [3.05, 3.63) is 84.4 Å². The molecule has 12 heteroatoms. The molecule has 12 nitrogen and oxygen atoms in total. The highest BCUT2D eigenvalue weighted by Gasteiger charge is 2.35. The van der Waals surface area contributed by atoms with Gasteiger partial charge in [-0.15, -0.1) is 0 Å². The number of para-hydroxylation sites is 1. The van der Waals surface area contributed by atoms with E-state index >= 15 is 0 Å². The molecule has 0 bridgehead atoms. The summed E-state index contributed by atoms with van der Waals surface area (Å²) >= 11 is 0. The lowest BCUT2D eigenvalue weighted by Gasteiger charge is -2.33. The van der Waals surface area contributed by atoms with E-state index in [1.165, 1.54) is 13.8 Å². The normalized spacial score (nSPS) is 15.3. The maximum Gasteiger partial charge on any atom is 0.408 e. The Balaban J connectivity index is 1.38. The fourth-order valence-corrected chi connectivity index (χ4v) is 5.92. The molecule has 0 aliphatic carbocycles. The summed E-state index contributed by atoms with van der Waals surface area (Å²) in [7, 11) is 0. The maximum absolute atomic E-state index is 13.9. The number of carbonyl (C=O) groups excluding carboxylic acids is 4. The lowest BCUT2D eigenvalue weighted by atomic mass is 9.97. The first-order valence-corrected chi connectivity index (χ1v) is 16.8. The van der Waals surface area contributed by atoms with E-state index in [-0.39, 0.29) is 18.1 Å². The Morgan fingerprint density at radius 2 is 1.65 bits per heavy atom. The molecule has 2 aromatic carbocycles. The second-order valence-corrected chi connectivity index (χ2v) is 14.4. The van der Waals surface area contributed by atoms with Crippen molar-refractivity contribution in [2.24, 2.45) is 5.92 Å². The van der Waals surface area contributed by atoms with Gasteiger partial charge in [-0.25, -0.2) is 9.78 Å². The minimum atomic E-state index is -1.40. The lowest BCUT2D eigenvalue weighted by molar-refractivity contribution is -0.135. The summed E-state index contributed by atoms with van der Waals surface area (Å²) in [5.41, 5.74) is 0.371. The molecule has 1 aliphatic rings. The predicted octanol–water partition coefficient (Wildman–Crippen LogP) is 5.18. The van der Waals surface area contributed by atoms with Crippen molar-refractivity contribution >= 4 is 40.5 Å². The molecule has 49 heavy (non-hydrogen) atoms. The van der Waals surface area contributed by atoms with Gasteiger partial charge in [0.2, 0.25) is 17.7 Å². The van der Waals surface area contributed by atoms with Gasteiger partial charge in [-0.1, -0.05) is 55.5 Å². The second kappa shape index (κ2) is 14.6. The van der Waals surface area contributed by atoms with E-state index in [2.05, 4.69) is 32.8 Å². The van der Waals surface area contributed by atoms with Crippen LogP contribution in [0.5, 0.6) is 0 Å². The largest absolute Gasteiger partial charge is 0.444 e. The quantitative estimate of drug-likeness (QED) is 0.183. The van der Waals surface area contributed by atoms with Gasteiger partial charge in [-0.05, 0) is 70.6 Å². The van der Waals surface area contributed by atoms with Crippen LogP contribution in [0.25, 0.3) is 10.9 Å². The van der Waals surface area contributed by atoms with E-state index in [1.54, 1.807) is 37.9 Å². The number of likely N-dealkylation sites (tertiary alicyclic amines) is 1. The Morgan fingerprint density at radius 1 is 0.980 bits per heavy atom. The molecule has 1 aliphatic heterocycles. The fourth-order valence-electron chi connectivity index (χ4n) is 5.92. The van der Waals surface area contributed by atoms with Gasteiger partial charge in [0, 0.05) is 42.8 Å². The number of ether oxygens (including phenoxy) is 1. The molecule has 260 valence electrons. The third kappa shape index (κ3) is 8.87. The number of piperidine rings is 1. The molecular weight excluding hydrogens is 622 g/mol. The molecule has 0 spiro atoms. The smallest absolute Gasteiger partial charge is 0.408 e. The standard InChI is InChI=1S/C37H47N7O5/c1-24-16-18-43(19-17-24)33(46)31(25-12-8-7-9-13-25)44-22-30(39-23-44)41-32(45)29(20-26-21-38-28-15-11-10-14-27(26)28)40-34(47)37(5,6)42-35(48)49-36(2,3)4/h7-15,21-24,29,31,38H,16-20H2,1-6H3,(H,40,47)(H,41,45)(H,42,48)/t29-,31?/m1/s1. The molecule has 4 aromatic rings. The fraction of sp³-hybridized carbons (Fsp3) is 0.432. The van der Waals surface area contributed by atoms with Crippen molar-refractivity contribution in [3.8, 4) is 0 Å². The number of hydrogen-bond acceptors (Lipinski definition) is 6. The molecule has 4 N–H and O–H groups in total. The first-order chi connectivity index (χ1) is 23.2. The number of hydrogen-bond donors (Lipinski definition) is 4. The van der Waals surface area contributed by atoms with Gasteiger partial charge in [-0.2, -0.15) is 0 Å². The summed E-state index contributed by atoms with van der Waals surface area (Å²) in [6.45, 7) is 11.9. The number of H-pyrrole nitrogens is 1. The highest BCUT2D eigenvalue weighted by Crippen LogP contribution is 2.26. The number of amides is 4. The maximum atomic E-state index is 13.9. The number of anilines is 1. The van der Waals surface area contributed by atoms with Gasteiger partial charge in [0.15, 0.2) is 5.82 Å². The van der Waals surface area contributed by atoms with Crippen LogP contribution in [0.3, 0.4) is 0 Å². The Hall–Kier alpha value is -5.13. The van der Waals surface area contributed by atoms with E-state index < -0.39 is 41.1 Å². The number of aromatic nitrogens is 3. The van der Waals surface area contributed by atoms with Crippen LogP contribution in [0, 0.1) is 5.92 Å². The third-order valence-electron chi connectivity index (χ3n) is 8.70. The van der Waals surface area contributed by atoms with Gasteiger partial charge >= 0.3 is 6.09 Å². The lowest BCUT2D eigenvalue weighted by Crippen LogP contribution is -2.59. The van der Waals surface area contributed by atoms with Gasteiger partial charge in [0.1, 0.15) is 23.2 Å². The molecule has 1 unspecified atom stereocenters. The summed E-state index contributed by atoms with van der Waals surface area (Å²) in [5.74, 6) is -0.308. The van der Waals surface area contributed by atoms with Crippen molar-refractivity contribution in [2.75, 3.05) is 18.4 Å². The van der Waals surface area contributed by atoms with Crippen LogP contribution in [0.1, 0.15) is 71.6 Å². The van der Waals surface area contributed by atoms with E-state index in [1.807, 2.05) is 65.7 Å². The summed E-state index contributed by atoms with van der Waals surface area (Å²) in [4.78, 5) is 63.5. The number of fused-ring (bicyclic) bond motifs is 1. The van der Waals surface area contributed by atoms with Gasteiger partial charge in [0.25, 0.3) is 0 Å².